The second kappa shape index (κ2) is 8.17. The topological polar surface area (TPSA) is 98.3 Å². The van der Waals surface area contributed by atoms with Gasteiger partial charge in [-0.1, -0.05) is 31.5 Å². The minimum absolute atomic E-state index is 0. The molecule has 0 aliphatic heterocycles. The zero-order valence-corrected chi connectivity index (χ0v) is 13.5. The summed E-state index contributed by atoms with van der Waals surface area (Å²) in [5.74, 6) is -0.584. The van der Waals surface area contributed by atoms with E-state index in [2.05, 4.69) is 5.32 Å². The van der Waals surface area contributed by atoms with E-state index in [1.807, 2.05) is 13.8 Å². The normalized spacial score (nSPS) is 10.7. The highest BCUT2D eigenvalue weighted by molar-refractivity contribution is 6.34. The minimum atomic E-state index is -0.629. The number of nitrogens with zero attached hydrogens (tertiary/aromatic N) is 1. The average Bonchev–Trinajstić information content (AvgIpc) is 2.44. The summed E-state index contributed by atoms with van der Waals surface area (Å²) in [5, 5.41) is 13.6. The largest absolute Gasteiger partial charge is 0.350 e. The summed E-state index contributed by atoms with van der Waals surface area (Å²) < 4.78 is 0. The molecule has 0 unspecified atom stereocenters. The summed E-state index contributed by atoms with van der Waals surface area (Å²) in [7, 11) is 0. The lowest BCUT2D eigenvalue weighted by atomic mass is 9.94. The molecule has 1 aromatic carbocycles. The van der Waals surface area contributed by atoms with Crippen LogP contribution in [0, 0.1) is 10.1 Å². The molecule has 118 valence electrons. The van der Waals surface area contributed by atoms with Gasteiger partial charge in [-0.25, -0.2) is 0 Å². The van der Waals surface area contributed by atoms with E-state index in [1.165, 1.54) is 18.2 Å². The fourth-order valence-electron chi connectivity index (χ4n) is 1.73. The van der Waals surface area contributed by atoms with Crippen LogP contribution in [0.4, 0.5) is 5.69 Å². The van der Waals surface area contributed by atoms with Gasteiger partial charge in [0.15, 0.2) is 0 Å². The van der Waals surface area contributed by atoms with Crippen LogP contribution in [0.3, 0.4) is 0 Å². The summed E-state index contributed by atoms with van der Waals surface area (Å²) in [6.45, 7) is 4.09. The quantitative estimate of drug-likeness (QED) is 0.616. The predicted octanol–water partition coefficient (Wildman–Crippen LogP) is 2.92. The van der Waals surface area contributed by atoms with Crippen molar-refractivity contribution in [1.82, 2.24) is 5.32 Å². The number of carbonyl (C=O) groups excluding carboxylic acids is 1. The number of halogens is 2. The van der Waals surface area contributed by atoms with Gasteiger partial charge >= 0.3 is 0 Å². The summed E-state index contributed by atoms with van der Waals surface area (Å²) in [6, 6.07) is 4.12. The van der Waals surface area contributed by atoms with Crippen LogP contribution < -0.4 is 11.1 Å². The first-order valence-corrected chi connectivity index (χ1v) is 6.72. The fourth-order valence-corrected chi connectivity index (χ4v) is 1.99. The summed E-state index contributed by atoms with van der Waals surface area (Å²) in [6.07, 6.45) is 1.38. The minimum Gasteiger partial charge on any atom is -0.350 e. The van der Waals surface area contributed by atoms with Crippen LogP contribution in [0.25, 0.3) is 0 Å². The molecule has 0 saturated heterocycles. The molecule has 0 saturated carbocycles. The maximum absolute atomic E-state index is 12.1. The second-order valence-electron chi connectivity index (χ2n) is 4.64. The number of nitrogens with two attached hydrogens (primary N) is 1. The lowest BCUT2D eigenvalue weighted by Crippen LogP contribution is -2.49. The highest BCUT2D eigenvalue weighted by Crippen LogP contribution is 2.26. The molecule has 1 amide bonds. The Balaban J connectivity index is 0.00000400. The number of nitro groups is 1. The van der Waals surface area contributed by atoms with Crippen LogP contribution in [0.5, 0.6) is 0 Å². The molecule has 0 radical (unpaired) electrons. The highest BCUT2D eigenvalue weighted by atomic mass is 35.5. The molecule has 0 aliphatic rings. The first-order chi connectivity index (χ1) is 9.34. The molecule has 0 heterocycles. The zero-order valence-electron chi connectivity index (χ0n) is 11.9. The van der Waals surface area contributed by atoms with E-state index in [9.17, 15) is 14.9 Å². The van der Waals surface area contributed by atoms with Gasteiger partial charge < -0.3 is 11.1 Å². The number of hydrogen-bond acceptors (Lipinski definition) is 4. The van der Waals surface area contributed by atoms with E-state index in [-0.39, 0.29) is 35.2 Å². The first kappa shape index (κ1) is 19.6. The van der Waals surface area contributed by atoms with Gasteiger partial charge in [-0.2, -0.15) is 0 Å². The molecule has 0 fully saturated rings. The first-order valence-electron chi connectivity index (χ1n) is 6.34. The van der Waals surface area contributed by atoms with Crippen molar-refractivity contribution in [3.8, 4) is 0 Å². The molecular formula is C13H19Cl2N3O3. The zero-order chi connectivity index (χ0) is 15.3. The third kappa shape index (κ3) is 4.84. The van der Waals surface area contributed by atoms with Crippen LogP contribution in [-0.4, -0.2) is 22.9 Å². The molecule has 21 heavy (non-hydrogen) atoms. The molecule has 0 aromatic heterocycles. The summed E-state index contributed by atoms with van der Waals surface area (Å²) in [4.78, 5) is 22.4. The number of carbonyl (C=O) groups is 1. The molecule has 0 aliphatic carbocycles. The van der Waals surface area contributed by atoms with Crippen LogP contribution in [0.1, 0.15) is 37.0 Å². The van der Waals surface area contributed by atoms with Gasteiger partial charge in [0.2, 0.25) is 0 Å². The average molecular weight is 336 g/mol. The summed E-state index contributed by atoms with van der Waals surface area (Å²) in [5.41, 5.74) is 5.11. The Kier molecular flexibility index (Phi) is 7.63. The predicted molar refractivity (Wildman–Crippen MR) is 85.2 cm³/mol. The van der Waals surface area contributed by atoms with Crippen molar-refractivity contribution in [2.24, 2.45) is 5.73 Å². The van der Waals surface area contributed by atoms with Crippen LogP contribution >= 0.6 is 24.0 Å². The van der Waals surface area contributed by atoms with Gasteiger partial charge in [0.25, 0.3) is 11.6 Å². The summed E-state index contributed by atoms with van der Waals surface area (Å²) >= 11 is 5.89. The van der Waals surface area contributed by atoms with Crippen molar-refractivity contribution < 1.29 is 9.72 Å². The van der Waals surface area contributed by atoms with E-state index >= 15 is 0 Å². The Morgan fingerprint density at radius 2 is 2.00 bits per heavy atom. The van der Waals surface area contributed by atoms with E-state index in [1.54, 1.807) is 0 Å². The SMILES string of the molecule is CCC(N)(CC)CNC(=O)c1c(Cl)cccc1[N+](=O)[O-].Cl. The van der Waals surface area contributed by atoms with Gasteiger partial charge in [-0.15, -0.1) is 12.4 Å². The Morgan fingerprint density at radius 3 is 2.48 bits per heavy atom. The Hall–Kier alpha value is -1.37. The van der Waals surface area contributed by atoms with Crippen molar-refractivity contribution in [3.05, 3.63) is 38.9 Å². The monoisotopic (exact) mass is 335 g/mol. The Morgan fingerprint density at radius 1 is 1.43 bits per heavy atom. The van der Waals surface area contributed by atoms with E-state index in [0.717, 1.165) is 0 Å². The lowest BCUT2D eigenvalue weighted by Gasteiger charge is -2.26. The van der Waals surface area contributed by atoms with Crippen molar-refractivity contribution in [2.75, 3.05) is 6.54 Å². The van der Waals surface area contributed by atoms with E-state index in [0.29, 0.717) is 12.8 Å². The molecule has 6 nitrogen and oxygen atoms in total. The number of rotatable bonds is 6. The van der Waals surface area contributed by atoms with Gasteiger partial charge in [-0.3, -0.25) is 14.9 Å². The smallest absolute Gasteiger partial charge is 0.283 e. The Labute approximate surface area is 134 Å². The molecule has 1 aromatic rings. The number of nitrogens with one attached hydrogen (secondary N) is 1. The van der Waals surface area contributed by atoms with E-state index < -0.39 is 16.4 Å². The van der Waals surface area contributed by atoms with Gasteiger partial charge in [-0.05, 0) is 18.9 Å². The fraction of sp³-hybridized carbons (Fsp3) is 0.462. The standard InChI is InChI=1S/C13H18ClN3O3.ClH/c1-3-13(15,4-2)8-16-12(18)11-9(14)6-5-7-10(11)17(19)20;/h5-7H,3-4,8,15H2,1-2H3,(H,16,18);1H. The number of hydrogen-bond donors (Lipinski definition) is 2. The third-order valence-electron chi connectivity index (χ3n) is 3.42. The molecule has 3 N–H and O–H groups in total. The van der Waals surface area contributed by atoms with Crippen molar-refractivity contribution in [1.29, 1.82) is 0 Å². The van der Waals surface area contributed by atoms with E-state index in [4.69, 9.17) is 17.3 Å². The molecule has 1 rings (SSSR count). The van der Waals surface area contributed by atoms with Crippen molar-refractivity contribution >= 4 is 35.6 Å². The molecule has 8 heteroatoms. The number of amides is 1. The lowest BCUT2D eigenvalue weighted by molar-refractivity contribution is -0.385. The maximum Gasteiger partial charge on any atom is 0.283 e. The molecule has 0 atom stereocenters. The second-order valence-corrected chi connectivity index (χ2v) is 5.05. The number of nitro benzene ring substituents is 1. The molecule has 0 spiro atoms. The third-order valence-corrected chi connectivity index (χ3v) is 3.74. The Bertz CT molecular complexity index is 519. The van der Waals surface area contributed by atoms with Gasteiger partial charge in [0, 0.05) is 18.2 Å². The molecular weight excluding hydrogens is 317 g/mol. The van der Waals surface area contributed by atoms with Crippen LogP contribution in [0.15, 0.2) is 18.2 Å². The van der Waals surface area contributed by atoms with Gasteiger partial charge in [0.1, 0.15) is 5.56 Å². The number of benzene rings is 1. The highest BCUT2D eigenvalue weighted by Gasteiger charge is 2.26. The van der Waals surface area contributed by atoms with Crippen molar-refractivity contribution in [3.63, 3.8) is 0 Å². The maximum atomic E-state index is 12.1. The molecule has 0 bridgehead atoms. The van der Waals surface area contributed by atoms with Crippen LogP contribution in [0.2, 0.25) is 5.02 Å². The van der Waals surface area contributed by atoms with Gasteiger partial charge in [0.05, 0.1) is 9.95 Å². The van der Waals surface area contributed by atoms with Crippen molar-refractivity contribution in [2.45, 2.75) is 32.2 Å². The van der Waals surface area contributed by atoms with Crippen LogP contribution in [-0.2, 0) is 0 Å².